The first-order chi connectivity index (χ1) is 48.4. The molecule has 0 bridgehead atoms. The number of anilines is 2. The zero-order chi connectivity index (χ0) is 73.2. The van der Waals surface area contributed by atoms with Gasteiger partial charge < -0.3 is 64.6 Å². The van der Waals surface area contributed by atoms with Crippen LogP contribution in [0.2, 0.25) is 0 Å². The summed E-state index contributed by atoms with van der Waals surface area (Å²) in [6.07, 6.45) is 11.6. The average Bonchev–Trinajstić information content (AvgIpc) is 1.40. The van der Waals surface area contributed by atoms with Gasteiger partial charge in [0.05, 0.1) is 91.6 Å². The van der Waals surface area contributed by atoms with Crippen molar-refractivity contribution in [2.45, 2.75) is 182 Å². The van der Waals surface area contributed by atoms with Crippen LogP contribution in [0.25, 0.3) is 0 Å². The zero-order valence-electron chi connectivity index (χ0n) is 60.6. The highest BCUT2D eigenvalue weighted by atomic mass is 16.6. The van der Waals surface area contributed by atoms with Gasteiger partial charge >= 0.3 is 6.09 Å². The lowest BCUT2D eigenvalue weighted by atomic mass is 9.70. The maximum absolute atomic E-state index is 14.3. The molecule has 0 aromatic heterocycles. The minimum Gasteiger partial charge on any atom is -0.493 e. The Labute approximate surface area is 595 Å². The van der Waals surface area contributed by atoms with Gasteiger partial charge in [0.25, 0.3) is 11.8 Å². The summed E-state index contributed by atoms with van der Waals surface area (Å²) in [5, 5.41) is 23.3. The minimum atomic E-state index is -1.53. The van der Waals surface area contributed by atoms with E-state index in [1.54, 1.807) is 67.6 Å². The molecule has 5 heterocycles. The maximum Gasteiger partial charge on any atom is 0.416 e. The van der Waals surface area contributed by atoms with Crippen molar-refractivity contribution in [3.05, 3.63) is 101 Å². The van der Waals surface area contributed by atoms with E-state index in [0.717, 1.165) is 28.9 Å². The van der Waals surface area contributed by atoms with Crippen LogP contribution in [-0.4, -0.2) is 161 Å². The van der Waals surface area contributed by atoms with Gasteiger partial charge in [0, 0.05) is 61.2 Å². The monoisotopic (exact) mass is 1400 g/mol. The van der Waals surface area contributed by atoms with Crippen molar-refractivity contribution in [1.29, 1.82) is 0 Å². The molecule has 25 heteroatoms. The number of rotatable bonds is 29. The van der Waals surface area contributed by atoms with Crippen LogP contribution >= 0.6 is 0 Å². The highest BCUT2D eigenvalue weighted by Crippen LogP contribution is 2.97. The molecule has 3 saturated carbocycles. The molecule has 9 amide bonds. The summed E-state index contributed by atoms with van der Waals surface area (Å²) in [6, 6.07) is 9.89. The van der Waals surface area contributed by atoms with Gasteiger partial charge in [-0.3, -0.25) is 48.2 Å². The predicted octanol–water partition coefficient (Wildman–Crippen LogP) is 9.28. The molecule has 25 nitrogen and oxygen atoms in total. The van der Waals surface area contributed by atoms with E-state index in [2.05, 4.69) is 52.3 Å². The number of aliphatic hydroxyl groups is 1. The molecule has 4 aliphatic carbocycles. The van der Waals surface area contributed by atoms with Gasteiger partial charge in [-0.05, 0) is 158 Å². The maximum atomic E-state index is 14.3. The molecule has 0 radical (unpaired) electrons. The number of allylic oxidation sites excluding steroid dienone is 2. The van der Waals surface area contributed by atoms with E-state index < -0.39 is 65.2 Å². The number of ether oxygens (including phenoxy) is 6. The van der Waals surface area contributed by atoms with Crippen molar-refractivity contribution < 1.29 is 76.7 Å². The number of aliphatic imine (C=N–C) groups is 1. The molecule has 12 rings (SSSR count). The highest BCUT2D eigenvalue weighted by molar-refractivity contribution is 6.09. The number of carbonyl (C=O) groups excluding carboxylic acids is 9. The second-order valence-corrected chi connectivity index (χ2v) is 31.0. The first-order valence-electron chi connectivity index (χ1n) is 35.8. The summed E-state index contributed by atoms with van der Waals surface area (Å²) in [5.74, 6) is -0.832. The number of nitrogens with one attached hydrogen (secondary N) is 4. The number of fused-ring (bicyclic) bond motifs is 8. The number of imide groups is 1. The summed E-state index contributed by atoms with van der Waals surface area (Å²) < 4.78 is 35.8. The number of amides is 9. The van der Waals surface area contributed by atoms with Crippen LogP contribution in [0.1, 0.15) is 160 Å². The van der Waals surface area contributed by atoms with Crippen molar-refractivity contribution in [3.8, 4) is 23.0 Å². The lowest BCUT2D eigenvalue weighted by Gasteiger charge is -2.33. The number of hydrogen-bond donors (Lipinski definition) is 5. The van der Waals surface area contributed by atoms with Crippen molar-refractivity contribution >= 4 is 76.6 Å². The Morgan fingerprint density at radius 1 is 0.745 bits per heavy atom. The Morgan fingerprint density at radius 2 is 1.39 bits per heavy atom. The van der Waals surface area contributed by atoms with Gasteiger partial charge in [-0.2, -0.15) is 0 Å². The smallest absolute Gasteiger partial charge is 0.416 e. The van der Waals surface area contributed by atoms with Crippen LogP contribution in [0.15, 0.2) is 89.2 Å². The number of unbranched alkanes of at least 4 members (excludes halogenated alkanes) is 2. The Hall–Kier alpha value is -9.10. The molecule has 9 aliphatic rings. The Kier molecular flexibility index (Phi) is 20.1. The van der Waals surface area contributed by atoms with Gasteiger partial charge in [0.15, 0.2) is 29.2 Å². The molecule has 4 fully saturated rings. The minimum absolute atomic E-state index is 0.00888. The second kappa shape index (κ2) is 28.3. The van der Waals surface area contributed by atoms with Crippen molar-refractivity contribution in [3.63, 3.8) is 0 Å². The van der Waals surface area contributed by atoms with Crippen LogP contribution in [0.3, 0.4) is 0 Å². The lowest BCUT2D eigenvalue weighted by molar-refractivity contribution is -0.141. The quantitative estimate of drug-likeness (QED) is 0.0246. The van der Waals surface area contributed by atoms with E-state index in [1.807, 2.05) is 47.7 Å². The lowest BCUT2D eigenvalue weighted by Crippen LogP contribution is -2.53. The van der Waals surface area contributed by atoms with E-state index in [4.69, 9.17) is 28.4 Å². The molecule has 3 aromatic rings. The van der Waals surface area contributed by atoms with E-state index in [1.165, 1.54) is 43.1 Å². The molecule has 102 heavy (non-hydrogen) atoms. The van der Waals surface area contributed by atoms with Crippen LogP contribution in [0, 0.1) is 52.3 Å². The zero-order valence-corrected chi connectivity index (χ0v) is 60.6. The van der Waals surface area contributed by atoms with Gasteiger partial charge in [-0.15, -0.1) is 0 Å². The highest BCUT2D eigenvalue weighted by Gasteiger charge is 2.96. The molecule has 1 saturated heterocycles. The summed E-state index contributed by atoms with van der Waals surface area (Å²) >= 11 is 0. The topological polar surface area (TPSA) is 303 Å². The Bertz CT molecular complexity index is 4010. The van der Waals surface area contributed by atoms with E-state index >= 15 is 0 Å². The molecule has 546 valence electrons. The van der Waals surface area contributed by atoms with E-state index in [0.29, 0.717) is 78.1 Å². The first-order valence-corrected chi connectivity index (χ1v) is 35.8. The fraction of sp³-hybridized carbons (Fsp3) is 0.558. The van der Waals surface area contributed by atoms with Crippen LogP contribution < -0.4 is 45.1 Å². The summed E-state index contributed by atoms with van der Waals surface area (Å²) in [6.45, 7) is 21.1. The number of nitrogens with zero attached hydrogens (tertiary/aromatic N) is 5. The standard InChI is InChI=1S/C77H97N9O16/c1-41(2)52-35-77(52)65-63-62(51-21-25-76(51,65)77)71(94)83(72(63)95)26-23-61(88)82-74(8,9)40-102-75(10,11)24-22-60(87)81-64(42(3)4)67(90)79-45(7)66(89)80-47-19-17-46(18-20-47)39-101-73(96)86-54-34-59(57(98-13)32-50(54)69(92)85-38-44(6)30-55(85)70(86)93)100-28-16-14-15-27-99-58-33-53-49(31-56(58)97-12)68(91)84-37-43(5)29-48(84)36-78-53/h17-21,25,31-34,36-38,41-42,45,48,51-52,55,62-65,70,93H,14-16,22-24,26-30,35,39-40H2,1-13H3,(H,79,90)(H,80,89)(H,81,87)(H,82,88)/t45-,48?,51?,52?,55?,62?,63?,64?,65?,70?,76?,77?/m0/s1. The largest absolute Gasteiger partial charge is 0.493 e. The van der Waals surface area contributed by atoms with Crippen molar-refractivity contribution in [1.82, 2.24) is 30.7 Å². The molecule has 3 aromatic carbocycles. The molecular weight excluding hydrogens is 1310 g/mol. The summed E-state index contributed by atoms with van der Waals surface area (Å²) in [5.41, 5.74) is 2.45. The third kappa shape index (κ3) is 13.7. The third-order valence-electron chi connectivity index (χ3n) is 22.2. The summed E-state index contributed by atoms with van der Waals surface area (Å²) in [4.78, 5) is 134. The van der Waals surface area contributed by atoms with Gasteiger partial charge in [0.2, 0.25) is 35.4 Å². The second-order valence-electron chi connectivity index (χ2n) is 31.0. The number of aliphatic hydroxyl groups excluding tert-OH is 1. The predicted molar refractivity (Wildman–Crippen MR) is 377 cm³/mol. The first kappa shape index (κ1) is 72.7. The fourth-order valence-electron chi connectivity index (χ4n) is 16.9. The Morgan fingerprint density at radius 3 is 2.04 bits per heavy atom. The van der Waals surface area contributed by atoms with Gasteiger partial charge in [0.1, 0.15) is 18.7 Å². The van der Waals surface area contributed by atoms with Crippen LogP contribution in [-0.2, 0) is 44.8 Å². The molecule has 5 N–H and O–H groups in total. The Balaban J connectivity index is 0.578. The van der Waals surface area contributed by atoms with Gasteiger partial charge in [-0.1, -0.05) is 63.1 Å². The molecular formula is C77H97N9O16. The summed E-state index contributed by atoms with van der Waals surface area (Å²) in [7, 11) is 2.96. The molecule has 2 spiro atoms. The third-order valence-corrected chi connectivity index (χ3v) is 22.2. The number of likely N-dealkylation sites (tertiary alicyclic amines) is 1. The number of methoxy groups -OCH3 is 2. The average molecular weight is 1400 g/mol. The SMILES string of the molecule is COc1cc2c(cc1OCCCCCOc1cc3c(cc1OC)C(=O)N1C=C(C)CC1C(O)N3C(=O)OCc1ccc(NC(=O)[C@H](C)NC(=O)C(NC(=O)CCC(C)(C)OCC(C)(C)NC(=O)CCN3C(=O)C4C(C3=O)C3C5(C=CC45)C34CC4C(C)C)C(C)C)cc1)N=CC1CC(C)=CN1C2=O. The van der Waals surface area contributed by atoms with Crippen molar-refractivity contribution in [2.75, 3.05) is 50.8 Å². The van der Waals surface area contributed by atoms with Gasteiger partial charge in [-0.25, -0.2) is 9.69 Å². The molecule has 5 aliphatic heterocycles. The number of benzene rings is 3. The molecule has 11 unspecified atom stereocenters. The van der Waals surface area contributed by atoms with Crippen molar-refractivity contribution in [2.24, 2.45) is 57.2 Å². The fourth-order valence-corrected chi connectivity index (χ4v) is 16.9. The number of carbonyl (C=O) groups is 9. The normalized spacial score (nSPS) is 25.9. The van der Waals surface area contributed by atoms with E-state index in [9.17, 15) is 48.3 Å². The molecule has 12 atom stereocenters. The van der Waals surface area contributed by atoms with Crippen LogP contribution in [0.4, 0.5) is 21.9 Å². The number of hydrogen-bond acceptors (Lipinski definition) is 17. The van der Waals surface area contributed by atoms with E-state index in [-0.39, 0.29) is 138 Å². The van der Waals surface area contributed by atoms with Crippen LogP contribution in [0.5, 0.6) is 23.0 Å².